The zero-order valence-corrected chi connectivity index (χ0v) is 15.6. The molecule has 0 fully saturated rings. The molecule has 0 aliphatic heterocycles. The van der Waals surface area contributed by atoms with Crippen molar-refractivity contribution >= 4 is 30.0 Å². The fraction of sp³-hybridized carbons (Fsp3) is 0.667. The van der Waals surface area contributed by atoms with Crippen LogP contribution in [0, 0.1) is 0 Å². The van der Waals surface area contributed by atoms with Crippen molar-refractivity contribution in [1.29, 1.82) is 0 Å². The summed E-state index contributed by atoms with van der Waals surface area (Å²) in [5.74, 6) is -1.03. The van der Waals surface area contributed by atoms with Gasteiger partial charge in [-0.3, -0.25) is 19.6 Å². The van der Waals surface area contributed by atoms with Gasteiger partial charge in [0.05, 0.1) is 12.1 Å². The van der Waals surface area contributed by atoms with Crippen molar-refractivity contribution in [3.8, 4) is 0 Å². The van der Waals surface area contributed by atoms with Gasteiger partial charge in [-0.05, 0) is 32.6 Å². The molecule has 2 amide bonds. The molecule has 0 bridgehead atoms. The number of aliphatic imine (C=N–C) groups is 2. The molecule has 12 nitrogen and oxygen atoms in total. The Labute approximate surface area is 158 Å². The summed E-state index contributed by atoms with van der Waals surface area (Å²) in [5, 5.41) is 5.05. The van der Waals surface area contributed by atoms with Gasteiger partial charge in [0.1, 0.15) is 12.3 Å². The first-order valence-corrected chi connectivity index (χ1v) is 8.59. The standard InChI is InChI=1S/C15H31N9O3/c1-9(23-13(27)11(16)5-3-7-22-15(19)20)12(26)24-10(8-25)4-2-6-21-14(17)18/h8-11H,2-7,16H2,1H3,(H,23,27)(H,24,26)(H4,17,18,21)(H4,19,20,22)/t9-,10-,11-/m0/s1. The van der Waals surface area contributed by atoms with E-state index < -0.39 is 29.9 Å². The molecule has 0 rings (SSSR count). The summed E-state index contributed by atoms with van der Waals surface area (Å²) in [5.41, 5.74) is 26.6. The number of carbonyl (C=O) groups excluding carboxylic acids is 3. The Hall–Kier alpha value is -2.89. The van der Waals surface area contributed by atoms with Crippen LogP contribution in [-0.4, -0.2) is 61.2 Å². The number of aldehydes is 1. The maximum absolute atomic E-state index is 12.1. The van der Waals surface area contributed by atoms with Crippen molar-refractivity contribution in [1.82, 2.24) is 10.6 Å². The lowest BCUT2D eigenvalue weighted by molar-refractivity contribution is -0.130. The highest BCUT2D eigenvalue weighted by molar-refractivity contribution is 5.90. The number of carbonyl (C=O) groups is 3. The van der Waals surface area contributed by atoms with Crippen LogP contribution in [0.5, 0.6) is 0 Å². The monoisotopic (exact) mass is 385 g/mol. The largest absolute Gasteiger partial charge is 0.370 e. The van der Waals surface area contributed by atoms with E-state index in [9.17, 15) is 14.4 Å². The van der Waals surface area contributed by atoms with Gasteiger partial charge in [-0.15, -0.1) is 0 Å². The van der Waals surface area contributed by atoms with E-state index >= 15 is 0 Å². The molecule has 0 aromatic carbocycles. The zero-order valence-electron chi connectivity index (χ0n) is 15.6. The summed E-state index contributed by atoms with van der Waals surface area (Å²) in [6.45, 7) is 2.21. The highest BCUT2D eigenvalue weighted by Crippen LogP contribution is 1.99. The van der Waals surface area contributed by atoms with Gasteiger partial charge in [0.2, 0.25) is 11.8 Å². The van der Waals surface area contributed by atoms with Crippen LogP contribution in [0.25, 0.3) is 0 Å². The molecule has 0 radical (unpaired) electrons. The summed E-state index contributed by atoms with van der Waals surface area (Å²) >= 11 is 0. The summed E-state index contributed by atoms with van der Waals surface area (Å²) in [6, 6.07) is -2.34. The first-order chi connectivity index (χ1) is 12.7. The van der Waals surface area contributed by atoms with Gasteiger partial charge in [0.15, 0.2) is 11.9 Å². The fourth-order valence-electron chi connectivity index (χ4n) is 2.04. The molecule has 0 aromatic rings. The van der Waals surface area contributed by atoms with Crippen LogP contribution in [0.2, 0.25) is 0 Å². The Kier molecular flexibility index (Phi) is 11.9. The predicted octanol–water partition coefficient (Wildman–Crippen LogP) is -3.39. The molecule has 0 heterocycles. The highest BCUT2D eigenvalue weighted by Gasteiger charge is 2.21. The lowest BCUT2D eigenvalue weighted by Gasteiger charge is -2.19. The average molecular weight is 385 g/mol. The van der Waals surface area contributed by atoms with Crippen molar-refractivity contribution in [3.05, 3.63) is 0 Å². The normalized spacial score (nSPS) is 13.6. The number of nitrogens with zero attached hydrogens (tertiary/aromatic N) is 2. The minimum atomic E-state index is -0.846. The molecule has 0 aromatic heterocycles. The summed E-state index contributed by atoms with van der Waals surface area (Å²) in [6.07, 6.45) is 2.39. The van der Waals surface area contributed by atoms with Crippen molar-refractivity contribution in [2.45, 2.75) is 50.7 Å². The van der Waals surface area contributed by atoms with Crippen LogP contribution in [0.4, 0.5) is 0 Å². The van der Waals surface area contributed by atoms with Gasteiger partial charge >= 0.3 is 0 Å². The lowest BCUT2D eigenvalue weighted by atomic mass is 10.1. The molecule has 27 heavy (non-hydrogen) atoms. The Morgan fingerprint density at radius 1 is 0.926 bits per heavy atom. The van der Waals surface area contributed by atoms with Crippen molar-refractivity contribution in [2.75, 3.05) is 13.1 Å². The molecule has 154 valence electrons. The SMILES string of the molecule is C[C@H](NC(=O)[C@@H](N)CCCN=C(N)N)C(=O)N[C@H](C=O)CCCN=C(N)N. The number of rotatable bonds is 13. The van der Waals surface area contributed by atoms with Crippen LogP contribution in [0.3, 0.4) is 0 Å². The number of amides is 2. The lowest BCUT2D eigenvalue weighted by Crippen LogP contribution is -2.52. The number of guanidine groups is 2. The van der Waals surface area contributed by atoms with E-state index in [1.54, 1.807) is 0 Å². The van der Waals surface area contributed by atoms with E-state index in [1.165, 1.54) is 6.92 Å². The van der Waals surface area contributed by atoms with Gasteiger partial charge in [-0.25, -0.2) is 0 Å². The average Bonchev–Trinajstić information content (AvgIpc) is 2.60. The number of hydrogen-bond donors (Lipinski definition) is 7. The third-order valence-electron chi connectivity index (χ3n) is 3.52. The quantitative estimate of drug-likeness (QED) is 0.0729. The van der Waals surface area contributed by atoms with Crippen molar-refractivity contribution in [3.63, 3.8) is 0 Å². The topological polar surface area (TPSA) is 230 Å². The molecule has 12 N–H and O–H groups in total. The van der Waals surface area contributed by atoms with E-state index in [0.29, 0.717) is 45.1 Å². The van der Waals surface area contributed by atoms with Gasteiger partial charge in [-0.1, -0.05) is 0 Å². The maximum Gasteiger partial charge on any atom is 0.242 e. The van der Waals surface area contributed by atoms with Gasteiger partial charge in [0.25, 0.3) is 0 Å². The molecule has 0 unspecified atom stereocenters. The number of nitrogens with one attached hydrogen (secondary N) is 2. The van der Waals surface area contributed by atoms with Gasteiger partial charge in [-0.2, -0.15) is 0 Å². The molecular weight excluding hydrogens is 354 g/mol. The third kappa shape index (κ3) is 12.2. The van der Waals surface area contributed by atoms with E-state index in [1.807, 2.05) is 0 Å². The summed E-state index contributed by atoms with van der Waals surface area (Å²) < 4.78 is 0. The fourth-order valence-corrected chi connectivity index (χ4v) is 2.04. The molecule has 0 saturated heterocycles. The minimum absolute atomic E-state index is 0.0265. The minimum Gasteiger partial charge on any atom is -0.370 e. The smallest absolute Gasteiger partial charge is 0.242 e. The van der Waals surface area contributed by atoms with E-state index in [-0.39, 0.29) is 11.9 Å². The molecule has 0 aliphatic carbocycles. The van der Waals surface area contributed by atoms with Crippen LogP contribution >= 0.6 is 0 Å². The molecule has 3 atom stereocenters. The zero-order chi connectivity index (χ0) is 20.8. The van der Waals surface area contributed by atoms with Crippen molar-refractivity contribution < 1.29 is 14.4 Å². The predicted molar refractivity (Wildman–Crippen MR) is 103 cm³/mol. The summed E-state index contributed by atoms with van der Waals surface area (Å²) in [7, 11) is 0. The Morgan fingerprint density at radius 3 is 1.93 bits per heavy atom. The Balaban J connectivity index is 4.29. The second-order valence-corrected chi connectivity index (χ2v) is 5.99. The molecule has 12 heteroatoms. The van der Waals surface area contributed by atoms with Gasteiger partial charge < -0.3 is 44.1 Å². The molecule has 0 aliphatic rings. The van der Waals surface area contributed by atoms with Crippen LogP contribution in [-0.2, 0) is 14.4 Å². The first-order valence-electron chi connectivity index (χ1n) is 8.59. The van der Waals surface area contributed by atoms with Crippen LogP contribution in [0.15, 0.2) is 9.98 Å². The van der Waals surface area contributed by atoms with Crippen LogP contribution < -0.4 is 39.3 Å². The number of nitrogens with two attached hydrogens (primary N) is 5. The second-order valence-electron chi connectivity index (χ2n) is 5.99. The van der Waals surface area contributed by atoms with Crippen LogP contribution in [0.1, 0.15) is 32.6 Å². The van der Waals surface area contributed by atoms with Crippen molar-refractivity contribution in [2.24, 2.45) is 38.7 Å². The maximum atomic E-state index is 12.1. The Morgan fingerprint density at radius 2 is 1.44 bits per heavy atom. The molecular formula is C15H31N9O3. The second kappa shape index (κ2) is 13.3. The van der Waals surface area contributed by atoms with Gasteiger partial charge in [0, 0.05) is 13.1 Å². The third-order valence-corrected chi connectivity index (χ3v) is 3.52. The Bertz CT molecular complexity index is 543. The summed E-state index contributed by atoms with van der Waals surface area (Å²) in [4.78, 5) is 42.8. The van der Waals surface area contributed by atoms with E-state index in [0.717, 1.165) is 0 Å². The molecule has 0 spiro atoms. The van der Waals surface area contributed by atoms with E-state index in [2.05, 4.69) is 20.6 Å². The highest BCUT2D eigenvalue weighted by atomic mass is 16.2. The first kappa shape index (κ1) is 24.1. The number of hydrogen-bond acceptors (Lipinski definition) is 6. The van der Waals surface area contributed by atoms with E-state index in [4.69, 9.17) is 28.7 Å². The molecule has 0 saturated carbocycles.